The molecule has 20 heavy (non-hydrogen) atoms. The third-order valence-corrected chi connectivity index (χ3v) is 4.16. The summed E-state index contributed by atoms with van der Waals surface area (Å²) in [7, 11) is 1.58. The molecule has 1 aromatic rings. The van der Waals surface area contributed by atoms with Gasteiger partial charge in [0.05, 0.1) is 19.8 Å². The van der Waals surface area contributed by atoms with Gasteiger partial charge in [-0.15, -0.1) is 0 Å². The summed E-state index contributed by atoms with van der Waals surface area (Å²) in [6.45, 7) is 8.23. The molecule has 0 amide bonds. The second kappa shape index (κ2) is 6.46. The maximum Gasteiger partial charge on any atom is 0.160 e. The van der Waals surface area contributed by atoms with Crippen molar-refractivity contribution in [3.05, 3.63) is 23.8 Å². The molecule has 1 aliphatic rings. The SMILES string of the molecule is CCC1COC(C)CN1C(C)c1ccc(O)c(OC)c1. The molecule has 4 nitrogen and oxygen atoms in total. The molecule has 1 N–H and O–H groups in total. The Bertz CT molecular complexity index is 449. The standard InChI is InChI=1S/C16H25NO3/c1-5-14-10-20-11(2)9-17(14)12(3)13-6-7-15(18)16(8-13)19-4/h6-8,11-12,14,18H,5,9-10H2,1-4H3. The molecule has 0 aliphatic carbocycles. The largest absolute Gasteiger partial charge is 0.504 e. The van der Waals surface area contributed by atoms with Gasteiger partial charge in [-0.3, -0.25) is 4.90 Å². The third kappa shape index (κ3) is 3.07. The van der Waals surface area contributed by atoms with Crippen molar-refractivity contribution in [3.63, 3.8) is 0 Å². The van der Waals surface area contributed by atoms with E-state index in [9.17, 15) is 5.11 Å². The molecular formula is C16H25NO3. The van der Waals surface area contributed by atoms with E-state index in [1.807, 2.05) is 12.1 Å². The number of phenolic OH excluding ortho intramolecular Hbond substituents is 1. The highest BCUT2D eigenvalue weighted by molar-refractivity contribution is 5.42. The molecule has 112 valence electrons. The smallest absolute Gasteiger partial charge is 0.160 e. The van der Waals surface area contributed by atoms with Gasteiger partial charge in [-0.05, 0) is 38.0 Å². The van der Waals surface area contributed by atoms with Crippen LogP contribution in [0.2, 0.25) is 0 Å². The number of hydrogen-bond acceptors (Lipinski definition) is 4. The van der Waals surface area contributed by atoms with Crippen LogP contribution in [0.3, 0.4) is 0 Å². The van der Waals surface area contributed by atoms with Crippen molar-refractivity contribution in [2.75, 3.05) is 20.3 Å². The maximum absolute atomic E-state index is 9.71. The maximum atomic E-state index is 9.71. The lowest BCUT2D eigenvalue weighted by molar-refractivity contribution is -0.0706. The van der Waals surface area contributed by atoms with Crippen molar-refractivity contribution in [3.8, 4) is 11.5 Å². The first-order valence-corrected chi connectivity index (χ1v) is 7.31. The second-order valence-electron chi connectivity index (χ2n) is 5.51. The van der Waals surface area contributed by atoms with E-state index in [0.717, 1.165) is 25.1 Å². The average Bonchev–Trinajstić information content (AvgIpc) is 2.47. The highest BCUT2D eigenvalue weighted by Gasteiger charge is 2.30. The highest BCUT2D eigenvalue weighted by Crippen LogP contribution is 2.33. The number of phenols is 1. The summed E-state index contributed by atoms with van der Waals surface area (Å²) < 4.78 is 11.0. The molecule has 0 spiro atoms. The second-order valence-corrected chi connectivity index (χ2v) is 5.51. The Kier molecular flexibility index (Phi) is 4.89. The minimum absolute atomic E-state index is 0.186. The van der Waals surface area contributed by atoms with Gasteiger partial charge in [-0.25, -0.2) is 0 Å². The summed E-state index contributed by atoms with van der Waals surface area (Å²) in [5.41, 5.74) is 1.16. The normalized spacial score (nSPS) is 25.4. The fourth-order valence-electron chi connectivity index (χ4n) is 2.84. The van der Waals surface area contributed by atoms with E-state index < -0.39 is 0 Å². The average molecular weight is 279 g/mol. The lowest BCUT2D eigenvalue weighted by atomic mass is 10.0. The Morgan fingerprint density at radius 3 is 2.90 bits per heavy atom. The number of methoxy groups -OCH3 is 1. The van der Waals surface area contributed by atoms with Crippen LogP contribution in [0.25, 0.3) is 0 Å². The van der Waals surface area contributed by atoms with Crippen LogP contribution < -0.4 is 4.74 Å². The number of rotatable bonds is 4. The summed E-state index contributed by atoms with van der Waals surface area (Å²) in [5, 5.41) is 9.71. The predicted octanol–water partition coefficient (Wildman–Crippen LogP) is 2.96. The van der Waals surface area contributed by atoms with Crippen molar-refractivity contribution in [2.24, 2.45) is 0 Å². The van der Waals surface area contributed by atoms with E-state index in [0.29, 0.717) is 11.8 Å². The van der Waals surface area contributed by atoms with Gasteiger partial charge in [0.15, 0.2) is 11.5 Å². The fraction of sp³-hybridized carbons (Fsp3) is 0.625. The van der Waals surface area contributed by atoms with Crippen LogP contribution in [0.1, 0.15) is 38.8 Å². The number of hydrogen-bond donors (Lipinski definition) is 1. The van der Waals surface area contributed by atoms with E-state index >= 15 is 0 Å². The Morgan fingerprint density at radius 2 is 2.25 bits per heavy atom. The Labute approximate surface area is 121 Å². The predicted molar refractivity (Wildman–Crippen MR) is 79.3 cm³/mol. The Balaban J connectivity index is 2.22. The lowest BCUT2D eigenvalue weighted by Crippen LogP contribution is -2.49. The van der Waals surface area contributed by atoms with Crippen molar-refractivity contribution < 1.29 is 14.6 Å². The molecule has 0 radical (unpaired) electrons. The summed E-state index contributed by atoms with van der Waals surface area (Å²) >= 11 is 0. The number of ether oxygens (including phenoxy) is 2. The van der Waals surface area contributed by atoms with Crippen LogP contribution in [0.5, 0.6) is 11.5 Å². The highest BCUT2D eigenvalue weighted by atomic mass is 16.5. The first kappa shape index (κ1) is 15.1. The van der Waals surface area contributed by atoms with Crippen molar-refractivity contribution in [1.82, 2.24) is 4.90 Å². The molecule has 1 aromatic carbocycles. The minimum atomic E-state index is 0.186. The molecule has 1 heterocycles. The summed E-state index contributed by atoms with van der Waals surface area (Å²) in [6, 6.07) is 6.32. The van der Waals surface area contributed by atoms with E-state index in [1.54, 1.807) is 13.2 Å². The van der Waals surface area contributed by atoms with Crippen LogP contribution in [0.4, 0.5) is 0 Å². The van der Waals surface area contributed by atoms with Gasteiger partial charge < -0.3 is 14.6 Å². The molecular weight excluding hydrogens is 254 g/mol. The number of benzene rings is 1. The number of aromatic hydroxyl groups is 1. The minimum Gasteiger partial charge on any atom is -0.504 e. The van der Waals surface area contributed by atoms with Crippen molar-refractivity contribution in [1.29, 1.82) is 0 Å². The zero-order chi connectivity index (χ0) is 14.7. The van der Waals surface area contributed by atoms with E-state index in [2.05, 4.69) is 25.7 Å². The molecule has 1 aliphatic heterocycles. The van der Waals surface area contributed by atoms with Crippen LogP contribution >= 0.6 is 0 Å². The van der Waals surface area contributed by atoms with Gasteiger partial charge in [-0.1, -0.05) is 13.0 Å². The van der Waals surface area contributed by atoms with Crippen molar-refractivity contribution in [2.45, 2.75) is 45.4 Å². The van der Waals surface area contributed by atoms with Crippen molar-refractivity contribution >= 4 is 0 Å². The molecule has 2 rings (SSSR count). The number of nitrogens with zero attached hydrogens (tertiary/aromatic N) is 1. The van der Waals surface area contributed by atoms with Gasteiger partial charge in [-0.2, -0.15) is 0 Å². The third-order valence-electron chi connectivity index (χ3n) is 4.16. The monoisotopic (exact) mass is 279 g/mol. The fourth-order valence-corrected chi connectivity index (χ4v) is 2.84. The number of morpholine rings is 1. The first-order chi connectivity index (χ1) is 9.56. The van der Waals surface area contributed by atoms with Crippen LogP contribution in [0, 0.1) is 0 Å². The van der Waals surface area contributed by atoms with Gasteiger partial charge in [0.1, 0.15) is 0 Å². The van der Waals surface area contributed by atoms with Gasteiger partial charge in [0, 0.05) is 18.6 Å². The summed E-state index contributed by atoms with van der Waals surface area (Å²) in [6.07, 6.45) is 1.34. The zero-order valence-electron chi connectivity index (χ0n) is 12.8. The van der Waals surface area contributed by atoms with Crippen LogP contribution in [0.15, 0.2) is 18.2 Å². The molecule has 4 heteroatoms. The molecule has 3 unspecified atom stereocenters. The molecule has 0 bridgehead atoms. The molecule has 1 fully saturated rings. The van der Waals surface area contributed by atoms with Crippen LogP contribution in [-0.4, -0.2) is 42.4 Å². The summed E-state index contributed by atoms with van der Waals surface area (Å²) in [4.78, 5) is 2.49. The Hall–Kier alpha value is -1.26. The van der Waals surface area contributed by atoms with E-state index in [4.69, 9.17) is 9.47 Å². The zero-order valence-corrected chi connectivity index (χ0v) is 12.8. The molecule has 1 saturated heterocycles. The van der Waals surface area contributed by atoms with Gasteiger partial charge >= 0.3 is 0 Å². The van der Waals surface area contributed by atoms with E-state index in [-0.39, 0.29) is 17.9 Å². The lowest BCUT2D eigenvalue weighted by Gasteiger charge is -2.42. The summed E-state index contributed by atoms with van der Waals surface area (Å²) in [5.74, 6) is 0.717. The molecule has 0 saturated carbocycles. The van der Waals surface area contributed by atoms with E-state index in [1.165, 1.54) is 0 Å². The molecule has 0 aromatic heterocycles. The molecule has 3 atom stereocenters. The van der Waals surface area contributed by atoms with Gasteiger partial charge in [0.25, 0.3) is 0 Å². The van der Waals surface area contributed by atoms with Gasteiger partial charge in [0.2, 0.25) is 0 Å². The topological polar surface area (TPSA) is 41.9 Å². The quantitative estimate of drug-likeness (QED) is 0.920. The van der Waals surface area contributed by atoms with Crippen LogP contribution in [-0.2, 0) is 4.74 Å². The first-order valence-electron chi connectivity index (χ1n) is 7.31. The Morgan fingerprint density at radius 1 is 1.50 bits per heavy atom.